The number of thiophene rings is 1. The molecule has 0 saturated carbocycles. The van der Waals surface area contributed by atoms with Crippen molar-refractivity contribution in [2.24, 2.45) is 0 Å². The first kappa shape index (κ1) is 36.3. The van der Waals surface area contributed by atoms with Crippen LogP contribution in [0.5, 0.6) is 0 Å². The maximum atomic E-state index is 6.49. The van der Waals surface area contributed by atoms with Gasteiger partial charge < -0.3 is 14.3 Å². The highest BCUT2D eigenvalue weighted by Gasteiger charge is 2.29. The van der Waals surface area contributed by atoms with Crippen molar-refractivity contribution < 1.29 is 4.42 Å². The van der Waals surface area contributed by atoms with E-state index in [-0.39, 0.29) is 16.2 Å². The molecule has 290 valence electrons. The van der Waals surface area contributed by atoms with Crippen molar-refractivity contribution in [2.75, 3.05) is 5.32 Å². The molecule has 59 heavy (non-hydrogen) atoms. The molecule has 4 heterocycles. The Kier molecular flexibility index (Phi) is 7.62. The zero-order valence-electron chi connectivity index (χ0n) is 35.5. The number of furan rings is 1. The van der Waals surface area contributed by atoms with Crippen LogP contribution in [0.2, 0.25) is 0 Å². The summed E-state index contributed by atoms with van der Waals surface area (Å²) in [6, 6.07) is 46.0. The van der Waals surface area contributed by atoms with Gasteiger partial charge >= 0.3 is 0 Å². The number of fused-ring (bicyclic) bond motifs is 11. The molecule has 1 aliphatic rings. The summed E-state index contributed by atoms with van der Waals surface area (Å²) in [5, 5.41) is 11.4. The molecule has 0 saturated heterocycles. The average Bonchev–Trinajstić information content (AvgIpc) is 3.85. The van der Waals surface area contributed by atoms with Gasteiger partial charge in [-0.1, -0.05) is 135 Å². The van der Waals surface area contributed by atoms with Gasteiger partial charge in [-0.2, -0.15) is 0 Å². The third-order valence-corrected chi connectivity index (χ3v) is 14.0. The zero-order chi connectivity index (χ0) is 40.7. The molecule has 1 N–H and O–H groups in total. The van der Waals surface area contributed by atoms with Gasteiger partial charge in [0.25, 0.3) is 0 Å². The van der Waals surface area contributed by atoms with Crippen LogP contribution >= 0.6 is 11.3 Å². The fourth-order valence-corrected chi connectivity index (χ4v) is 10.7. The lowest BCUT2D eigenvalue weighted by Gasteiger charge is -2.26. The Morgan fingerprint density at radius 2 is 1.20 bits per heavy atom. The van der Waals surface area contributed by atoms with Gasteiger partial charge in [-0.25, -0.2) is 0 Å². The molecule has 7 aromatic carbocycles. The van der Waals surface area contributed by atoms with Gasteiger partial charge in [0, 0.05) is 69.9 Å². The summed E-state index contributed by atoms with van der Waals surface area (Å²) in [6.07, 6.45) is 0. The van der Waals surface area contributed by atoms with Gasteiger partial charge in [0.1, 0.15) is 11.2 Å². The topological polar surface area (TPSA) is 30.1 Å². The Morgan fingerprint density at radius 3 is 1.97 bits per heavy atom. The molecule has 0 spiro atoms. The monoisotopic (exact) mass is 784 g/mol. The lowest BCUT2D eigenvalue weighted by Crippen LogP contribution is -2.38. The van der Waals surface area contributed by atoms with E-state index < -0.39 is 0 Å². The van der Waals surface area contributed by atoms with E-state index in [0.29, 0.717) is 0 Å². The number of hydrogen-bond donors (Lipinski definition) is 1. The lowest BCUT2D eigenvalue weighted by molar-refractivity contribution is 0.590. The van der Waals surface area contributed by atoms with Crippen molar-refractivity contribution in [1.82, 2.24) is 4.57 Å². The van der Waals surface area contributed by atoms with E-state index in [0.717, 1.165) is 40.6 Å². The first-order valence-electron chi connectivity index (χ1n) is 21.0. The smallest absolute Gasteiger partial charge is 0.198 e. The van der Waals surface area contributed by atoms with Crippen molar-refractivity contribution in [3.8, 4) is 16.8 Å². The summed E-state index contributed by atoms with van der Waals surface area (Å²) in [7, 11) is 0.846. The Balaban J connectivity index is 1.20. The van der Waals surface area contributed by atoms with E-state index in [1.165, 1.54) is 86.4 Å². The van der Waals surface area contributed by atoms with Crippen LogP contribution in [0.1, 0.15) is 79.0 Å². The fourth-order valence-electron chi connectivity index (χ4n) is 9.50. The molecule has 3 aromatic heterocycles. The molecule has 0 unspecified atom stereocenters. The molecule has 1 aliphatic heterocycles. The molecular formula is C54H49BN2OS. The van der Waals surface area contributed by atoms with Crippen molar-refractivity contribution in [3.05, 3.63) is 138 Å². The van der Waals surface area contributed by atoms with E-state index in [9.17, 15) is 0 Å². The molecule has 0 radical (unpaired) electrons. The predicted molar refractivity (Wildman–Crippen MR) is 259 cm³/mol. The van der Waals surface area contributed by atoms with Crippen LogP contribution in [0.3, 0.4) is 0 Å². The Bertz CT molecular complexity index is 3370. The van der Waals surface area contributed by atoms with Gasteiger partial charge in [0.05, 0.1) is 5.52 Å². The Hall–Kier alpha value is -5.78. The molecule has 0 bridgehead atoms. The molecule has 10 aromatic rings. The second-order valence-corrected chi connectivity index (χ2v) is 21.1. The second-order valence-electron chi connectivity index (χ2n) is 20.0. The van der Waals surface area contributed by atoms with Gasteiger partial charge in [-0.15, -0.1) is 11.3 Å². The van der Waals surface area contributed by atoms with Crippen LogP contribution in [0, 0.1) is 0 Å². The second kappa shape index (κ2) is 12.4. The maximum Gasteiger partial charge on any atom is 0.198 e. The molecular weight excluding hydrogens is 735 g/mol. The molecule has 0 aliphatic carbocycles. The van der Waals surface area contributed by atoms with Gasteiger partial charge in [-0.05, 0) is 98.6 Å². The first-order valence-corrected chi connectivity index (χ1v) is 21.9. The number of rotatable bonds is 3. The number of para-hydroxylation sites is 1. The molecule has 0 atom stereocenters. The molecule has 3 nitrogen and oxygen atoms in total. The predicted octanol–water partition coefficient (Wildman–Crippen LogP) is 14.1. The number of benzene rings is 7. The standard InChI is InChI=1S/C54H49BN2OS/c1-52(2,3)30-14-18-33(19-15-30)56-43-29-49-41(35-20-16-32(54(7,8)9)25-48(35)59-49)26-38(43)36-21-22-37-39-28-47-40(34-12-10-11-13-46(34)58-47)27-45(39)57-44-23-17-31(53(4,5)6)24-42(44)55-50(36)51(37)57/h10-29,55-56H,1-9H3. The van der Waals surface area contributed by atoms with Crippen molar-refractivity contribution >= 4 is 105 Å². The van der Waals surface area contributed by atoms with Crippen LogP contribution in [0.15, 0.2) is 126 Å². The third kappa shape index (κ3) is 5.69. The third-order valence-electron chi connectivity index (χ3n) is 12.9. The fraction of sp³-hybridized carbons (Fsp3) is 0.222. The van der Waals surface area contributed by atoms with Crippen molar-refractivity contribution in [2.45, 2.75) is 78.6 Å². The molecule has 0 fully saturated rings. The number of nitrogens with one attached hydrogen (secondary N) is 1. The SMILES string of the molecule is CC(C)(C)c1ccc(Nc2cc3sc4cc(C(C)(C)C)ccc4c3cc2-c2ccc3c4cc5oc6ccccc6c5cc4n4c3c2Bc2cc(C(C)(C)C)ccc2-4)cc1. The maximum absolute atomic E-state index is 6.49. The summed E-state index contributed by atoms with van der Waals surface area (Å²) in [5.74, 6) is 0. The average molecular weight is 785 g/mol. The summed E-state index contributed by atoms with van der Waals surface area (Å²) in [4.78, 5) is 0. The largest absolute Gasteiger partial charge is 0.456 e. The highest BCUT2D eigenvalue weighted by atomic mass is 32.1. The number of anilines is 2. The van der Waals surface area contributed by atoms with Crippen molar-refractivity contribution in [3.63, 3.8) is 0 Å². The number of nitrogens with zero attached hydrogens (tertiary/aromatic N) is 1. The summed E-state index contributed by atoms with van der Waals surface area (Å²) >= 11 is 1.90. The Labute approximate surface area is 350 Å². The normalized spacial score (nSPS) is 13.3. The molecule has 11 rings (SSSR count). The molecule has 5 heteroatoms. The lowest BCUT2D eigenvalue weighted by atomic mass is 9.58. The van der Waals surface area contributed by atoms with E-state index >= 15 is 0 Å². The van der Waals surface area contributed by atoms with Crippen LogP contribution in [0.25, 0.3) is 80.7 Å². The quantitative estimate of drug-likeness (QED) is 0.181. The zero-order valence-corrected chi connectivity index (χ0v) is 36.3. The van der Waals surface area contributed by atoms with E-state index in [1.54, 1.807) is 0 Å². The van der Waals surface area contributed by atoms with Crippen LogP contribution < -0.4 is 16.2 Å². The van der Waals surface area contributed by atoms with E-state index in [2.05, 4.69) is 194 Å². The van der Waals surface area contributed by atoms with E-state index in [1.807, 2.05) is 11.3 Å². The number of hydrogen-bond acceptors (Lipinski definition) is 3. The van der Waals surface area contributed by atoms with Gasteiger partial charge in [-0.3, -0.25) is 0 Å². The van der Waals surface area contributed by atoms with E-state index in [4.69, 9.17) is 4.42 Å². The summed E-state index contributed by atoms with van der Waals surface area (Å²) in [6.45, 7) is 20.7. The summed E-state index contributed by atoms with van der Waals surface area (Å²) in [5.41, 5.74) is 17.3. The highest BCUT2D eigenvalue weighted by molar-refractivity contribution is 7.25. The van der Waals surface area contributed by atoms with Crippen LogP contribution in [-0.2, 0) is 16.2 Å². The molecule has 0 amide bonds. The van der Waals surface area contributed by atoms with Crippen molar-refractivity contribution in [1.29, 1.82) is 0 Å². The first-order chi connectivity index (χ1) is 28.1. The minimum Gasteiger partial charge on any atom is -0.456 e. The Morgan fingerprint density at radius 1 is 0.525 bits per heavy atom. The van der Waals surface area contributed by atoms with Gasteiger partial charge in [0.2, 0.25) is 0 Å². The minimum atomic E-state index is 0.0301. The minimum absolute atomic E-state index is 0.0301. The van der Waals surface area contributed by atoms with Gasteiger partial charge in [0.15, 0.2) is 7.28 Å². The van der Waals surface area contributed by atoms with Crippen LogP contribution in [0.4, 0.5) is 11.4 Å². The summed E-state index contributed by atoms with van der Waals surface area (Å²) < 4.78 is 11.7. The van der Waals surface area contributed by atoms with Crippen LogP contribution in [-0.4, -0.2) is 11.8 Å². The highest BCUT2D eigenvalue weighted by Crippen LogP contribution is 2.45. The number of aromatic nitrogens is 1.